The zero-order chi connectivity index (χ0) is 24.3. The van der Waals surface area contributed by atoms with Gasteiger partial charge in [-0.1, -0.05) is 5.16 Å². The predicted octanol–water partition coefficient (Wildman–Crippen LogP) is 3.29. The Morgan fingerprint density at radius 3 is 2.75 bits per heavy atom. The van der Waals surface area contributed by atoms with Gasteiger partial charge in [0.1, 0.15) is 5.65 Å². The summed E-state index contributed by atoms with van der Waals surface area (Å²) in [4.78, 5) is 28.8. The lowest BCUT2D eigenvalue weighted by atomic mass is 9.52. The second kappa shape index (κ2) is 8.12. The number of nitrogens with zero attached hydrogens (tertiary/aromatic N) is 4. The number of H-pyrrole nitrogens is 1. The Hall–Kier alpha value is -3.79. The molecule has 184 valence electrons. The first kappa shape index (κ1) is 21.5. The van der Waals surface area contributed by atoms with Gasteiger partial charge in [-0.05, 0) is 73.6 Å². The molecule has 1 amide bonds. The van der Waals surface area contributed by atoms with E-state index in [0.29, 0.717) is 29.9 Å². The maximum Gasteiger partial charge on any atom is 0.292 e. The lowest BCUT2D eigenvalue weighted by Crippen LogP contribution is -2.59. The van der Waals surface area contributed by atoms with Crippen molar-refractivity contribution >= 4 is 22.6 Å². The smallest absolute Gasteiger partial charge is 0.292 e. The highest BCUT2D eigenvalue weighted by Crippen LogP contribution is 2.56. The van der Waals surface area contributed by atoms with Crippen molar-refractivity contribution < 1.29 is 14.4 Å². The molecule has 0 aliphatic heterocycles. The van der Waals surface area contributed by atoms with Crippen molar-refractivity contribution in [2.45, 2.75) is 50.3 Å². The molecule has 8 rings (SSSR count). The van der Waals surface area contributed by atoms with Crippen molar-refractivity contribution in [2.24, 2.45) is 17.8 Å². The van der Waals surface area contributed by atoms with Gasteiger partial charge in [-0.3, -0.25) is 9.78 Å². The monoisotopic (exact) mass is 485 g/mol. The van der Waals surface area contributed by atoms with Crippen LogP contribution in [0.4, 0.5) is 5.69 Å². The minimum absolute atomic E-state index is 0.0315. The number of nitrogens with one attached hydrogen (secondary N) is 3. The first-order chi connectivity index (χ1) is 17.5. The topological polar surface area (TPSA) is 142 Å². The third-order valence-electron chi connectivity index (χ3n) is 8.20. The minimum Gasteiger partial charge on any atom is -0.390 e. The van der Waals surface area contributed by atoms with Gasteiger partial charge in [-0.2, -0.15) is 4.98 Å². The number of anilines is 1. The summed E-state index contributed by atoms with van der Waals surface area (Å²) in [5.74, 6) is 1.27. The number of aliphatic hydroxyl groups is 1. The van der Waals surface area contributed by atoms with E-state index in [1.54, 1.807) is 18.6 Å². The maximum absolute atomic E-state index is 12.7. The molecule has 4 heterocycles. The average Bonchev–Trinajstić information content (AvgIpc) is 3.54. The number of hydrogen-bond acceptors (Lipinski definition) is 8. The molecule has 4 aliphatic rings. The second-order valence-corrected chi connectivity index (χ2v) is 10.6. The van der Waals surface area contributed by atoms with Crippen LogP contribution in [-0.4, -0.2) is 47.7 Å². The molecule has 0 spiro atoms. The third-order valence-corrected chi connectivity index (χ3v) is 8.20. The summed E-state index contributed by atoms with van der Waals surface area (Å²) in [5.41, 5.74) is 2.73. The average molecular weight is 486 g/mol. The first-order valence-electron chi connectivity index (χ1n) is 12.5. The summed E-state index contributed by atoms with van der Waals surface area (Å²) in [5, 5.41) is 22.5. The van der Waals surface area contributed by atoms with Gasteiger partial charge in [0.2, 0.25) is 0 Å². The van der Waals surface area contributed by atoms with Crippen molar-refractivity contribution in [3.05, 3.63) is 54.4 Å². The number of amides is 1. The molecule has 4 aromatic rings. The zero-order valence-corrected chi connectivity index (χ0v) is 19.6. The van der Waals surface area contributed by atoms with Gasteiger partial charge in [0.05, 0.1) is 16.9 Å². The number of pyridine rings is 2. The Morgan fingerprint density at radius 1 is 1.17 bits per heavy atom. The SMILES string of the molecule is O=C(NCc1ccncc1)c1noc(-c2cnc3[nH]ccc3c2NC2[C@@H]3CC4C[C@H]2CC(O)(C4)C3)n1. The van der Waals surface area contributed by atoms with E-state index in [9.17, 15) is 9.90 Å². The number of carbonyl (C=O) groups is 1. The molecule has 4 bridgehead atoms. The summed E-state index contributed by atoms with van der Waals surface area (Å²) < 4.78 is 5.55. The molecule has 0 radical (unpaired) electrons. The van der Waals surface area contributed by atoms with Crippen LogP contribution in [0.25, 0.3) is 22.5 Å². The summed E-state index contributed by atoms with van der Waals surface area (Å²) >= 11 is 0. The molecule has 4 aliphatic carbocycles. The standard InChI is InChI=1S/C26H27N7O3/c34-24(30-12-14-1-4-27-5-2-14)23-32-25(36-33-23)19-13-29-22-18(3-6-28-22)21(19)31-20-16-7-15-8-17(20)11-26(35,9-15)10-16/h1-6,13,15-17,20,35H,7-12H2,(H,30,34)(H2,28,29,31)/t15?,16-,17+,20?,26?. The Morgan fingerprint density at radius 2 is 1.97 bits per heavy atom. The van der Waals surface area contributed by atoms with Crippen LogP contribution in [-0.2, 0) is 6.54 Å². The molecular formula is C26H27N7O3. The molecule has 4 saturated carbocycles. The molecule has 10 nitrogen and oxygen atoms in total. The lowest BCUT2D eigenvalue weighted by molar-refractivity contribution is -0.129. The molecule has 5 atom stereocenters. The van der Waals surface area contributed by atoms with Crippen LogP contribution in [0.15, 0.2) is 47.5 Å². The first-order valence-corrected chi connectivity index (χ1v) is 12.5. The summed E-state index contributed by atoms with van der Waals surface area (Å²) in [6, 6.07) is 5.91. The van der Waals surface area contributed by atoms with Gasteiger partial charge < -0.3 is 25.2 Å². The van der Waals surface area contributed by atoms with Gasteiger partial charge in [-0.25, -0.2) is 4.98 Å². The Bertz CT molecular complexity index is 1420. The summed E-state index contributed by atoms with van der Waals surface area (Å²) in [6.07, 6.45) is 11.9. The van der Waals surface area contributed by atoms with E-state index in [4.69, 9.17) is 4.52 Å². The van der Waals surface area contributed by atoms with Crippen molar-refractivity contribution in [1.29, 1.82) is 0 Å². The Kier molecular flexibility index (Phi) is 4.85. The maximum atomic E-state index is 12.7. The number of rotatable bonds is 6. The number of carbonyl (C=O) groups excluding carboxylic acids is 1. The van der Waals surface area contributed by atoms with E-state index < -0.39 is 11.5 Å². The van der Waals surface area contributed by atoms with Crippen LogP contribution in [0.5, 0.6) is 0 Å². The van der Waals surface area contributed by atoms with Crippen LogP contribution in [0.3, 0.4) is 0 Å². The van der Waals surface area contributed by atoms with Gasteiger partial charge in [0.15, 0.2) is 0 Å². The number of hydrogen-bond donors (Lipinski definition) is 4. The quantitative estimate of drug-likeness (QED) is 0.326. The highest BCUT2D eigenvalue weighted by atomic mass is 16.5. The molecule has 0 saturated heterocycles. The third kappa shape index (κ3) is 3.63. The fraction of sp³-hybridized carbons (Fsp3) is 0.423. The van der Waals surface area contributed by atoms with Crippen molar-refractivity contribution in [3.8, 4) is 11.5 Å². The van der Waals surface area contributed by atoms with Crippen molar-refractivity contribution in [3.63, 3.8) is 0 Å². The van der Waals surface area contributed by atoms with Crippen LogP contribution < -0.4 is 10.6 Å². The summed E-state index contributed by atoms with van der Waals surface area (Å²) in [6.45, 7) is 0.340. The van der Waals surface area contributed by atoms with Crippen LogP contribution in [0.1, 0.15) is 48.3 Å². The molecule has 0 aromatic carbocycles. The predicted molar refractivity (Wildman–Crippen MR) is 131 cm³/mol. The largest absolute Gasteiger partial charge is 0.390 e. The Labute approximate surface area is 206 Å². The molecule has 4 fully saturated rings. The van der Waals surface area contributed by atoms with Gasteiger partial charge in [0.25, 0.3) is 17.6 Å². The minimum atomic E-state index is -0.496. The van der Waals surface area contributed by atoms with E-state index in [0.717, 1.165) is 54.4 Å². The van der Waals surface area contributed by atoms with Crippen LogP contribution in [0, 0.1) is 17.8 Å². The van der Waals surface area contributed by atoms with Gasteiger partial charge in [-0.15, -0.1) is 0 Å². The van der Waals surface area contributed by atoms with E-state index in [2.05, 4.69) is 35.7 Å². The van der Waals surface area contributed by atoms with Crippen molar-refractivity contribution in [2.75, 3.05) is 5.32 Å². The molecule has 3 unspecified atom stereocenters. The van der Waals surface area contributed by atoms with Crippen LogP contribution in [0.2, 0.25) is 0 Å². The molecular weight excluding hydrogens is 458 g/mol. The normalized spacial score (nSPS) is 28.5. The Balaban J connectivity index is 1.17. The van der Waals surface area contributed by atoms with Crippen molar-refractivity contribution in [1.82, 2.24) is 30.4 Å². The lowest BCUT2D eigenvalue weighted by Gasteiger charge is -2.58. The van der Waals surface area contributed by atoms with E-state index in [1.165, 1.54) is 0 Å². The van der Waals surface area contributed by atoms with E-state index in [1.807, 2.05) is 24.4 Å². The van der Waals surface area contributed by atoms with Gasteiger partial charge >= 0.3 is 0 Å². The zero-order valence-electron chi connectivity index (χ0n) is 19.6. The second-order valence-electron chi connectivity index (χ2n) is 10.6. The summed E-state index contributed by atoms with van der Waals surface area (Å²) in [7, 11) is 0. The van der Waals surface area contributed by atoms with Crippen LogP contribution >= 0.6 is 0 Å². The number of aromatic nitrogens is 5. The molecule has 10 heteroatoms. The molecule has 4 aromatic heterocycles. The molecule has 36 heavy (non-hydrogen) atoms. The van der Waals surface area contributed by atoms with E-state index in [-0.39, 0.29) is 17.8 Å². The fourth-order valence-electron chi connectivity index (χ4n) is 6.90. The molecule has 4 N–H and O–H groups in total. The highest BCUT2D eigenvalue weighted by molar-refractivity contribution is 5.97. The number of fused-ring (bicyclic) bond motifs is 1. The van der Waals surface area contributed by atoms with E-state index >= 15 is 0 Å². The van der Waals surface area contributed by atoms with Gasteiger partial charge in [0, 0.05) is 42.8 Å². The fourth-order valence-corrected chi connectivity index (χ4v) is 6.90. The highest BCUT2D eigenvalue weighted by Gasteiger charge is 2.54. The number of aromatic amines is 1.